The van der Waals surface area contributed by atoms with Crippen molar-refractivity contribution in [3.05, 3.63) is 80.6 Å². The summed E-state index contributed by atoms with van der Waals surface area (Å²) in [5.41, 5.74) is 2.52. The van der Waals surface area contributed by atoms with Gasteiger partial charge in [0.05, 0.1) is 27.5 Å². The first-order valence-electron chi connectivity index (χ1n) is 7.77. The highest BCUT2D eigenvalue weighted by Gasteiger charge is 2.12. The van der Waals surface area contributed by atoms with Gasteiger partial charge in [0.2, 0.25) is 0 Å². The third-order valence-electron chi connectivity index (χ3n) is 4.20. The van der Waals surface area contributed by atoms with E-state index in [1.54, 1.807) is 36.5 Å². The van der Waals surface area contributed by atoms with Crippen molar-refractivity contribution in [1.29, 1.82) is 5.26 Å². The van der Waals surface area contributed by atoms with Gasteiger partial charge in [0.15, 0.2) is 5.43 Å². The van der Waals surface area contributed by atoms with E-state index in [2.05, 4.69) is 16.4 Å². The minimum absolute atomic E-state index is 0.0446. The summed E-state index contributed by atoms with van der Waals surface area (Å²) in [6, 6.07) is 15.9. The predicted octanol–water partition coefficient (Wildman–Crippen LogP) is 5.60. The lowest BCUT2D eigenvalue weighted by Gasteiger charge is -2.14. The minimum Gasteiger partial charge on any atom is -0.359 e. The summed E-state index contributed by atoms with van der Waals surface area (Å²) in [6.45, 7) is 0. The number of H-pyrrole nitrogens is 1. The lowest BCUT2D eigenvalue weighted by Crippen LogP contribution is -1.99. The summed E-state index contributed by atoms with van der Waals surface area (Å²) in [5.74, 6) is 0. The average molecular weight is 380 g/mol. The van der Waals surface area contributed by atoms with Gasteiger partial charge in [-0.05, 0) is 41.8 Å². The van der Waals surface area contributed by atoms with Gasteiger partial charge in [0, 0.05) is 22.0 Å². The first-order chi connectivity index (χ1) is 12.6. The molecule has 0 unspecified atom stereocenters. The summed E-state index contributed by atoms with van der Waals surface area (Å²) < 4.78 is 0. The van der Waals surface area contributed by atoms with Crippen LogP contribution in [0.4, 0.5) is 11.4 Å². The third kappa shape index (κ3) is 2.78. The van der Waals surface area contributed by atoms with E-state index in [-0.39, 0.29) is 5.43 Å². The van der Waals surface area contributed by atoms with E-state index < -0.39 is 0 Å². The number of pyridine rings is 1. The van der Waals surface area contributed by atoms with Crippen LogP contribution in [0, 0.1) is 11.3 Å². The van der Waals surface area contributed by atoms with Gasteiger partial charge in [-0.2, -0.15) is 5.26 Å². The molecule has 0 amide bonds. The molecule has 3 aromatic carbocycles. The van der Waals surface area contributed by atoms with Crippen molar-refractivity contribution in [1.82, 2.24) is 4.98 Å². The van der Waals surface area contributed by atoms with Crippen molar-refractivity contribution >= 4 is 56.3 Å². The molecule has 1 aromatic heterocycles. The molecule has 6 heteroatoms. The van der Waals surface area contributed by atoms with Crippen LogP contribution in [0.5, 0.6) is 0 Å². The molecule has 2 N–H and O–H groups in total. The first kappa shape index (κ1) is 16.5. The molecule has 0 aliphatic rings. The highest BCUT2D eigenvalue weighted by molar-refractivity contribution is 6.36. The molecule has 1 heterocycles. The average Bonchev–Trinajstić information content (AvgIpc) is 2.63. The number of nitrogens with zero attached hydrogens (tertiary/aromatic N) is 1. The Labute approximate surface area is 158 Å². The normalized spacial score (nSPS) is 10.8. The fraction of sp³-hybridized carbons (Fsp3) is 0. The number of halogens is 2. The number of anilines is 2. The Bertz CT molecular complexity index is 1270. The van der Waals surface area contributed by atoms with Crippen molar-refractivity contribution < 1.29 is 0 Å². The number of fused-ring (bicyclic) bond motifs is 3. The molecule has 0 bridgehead atoms. The Kier molecular flexibility index (Phi) is 4.04. The molecule has 0 aliphatic heterocycles. The maximum Gasteiger partial charge on any atom is 0.179 e. The molecule has 0 spiro atoms. The zero-order chi connectivity index (χ0) is 18.3. The molecule has 0 atom stereocenters. The summed E-state index contributed by atoms with van der Waals surface area (Å²) in [6.07, 6.45) is 1.64. The third-order valence-corrected chi connectivity index (χ3v) is 4.75. The molecule has 0 radical (unpaired) electrons. The van der Waals surface area contributed by atoms with Crippen LogP contribution >= 0.6 is 23.2 Å². The largest absolute Gasteiger partial charge is 0.359 e. The maximum absolute atomic E-state index is 11.6. The van der Waals surface area contributed by atoms with E-state index in [0.717, 1.165) is 21.7 Å². The highest BCUT2D eigenvalue weighted by Crippen LogP contribution is 2.35. The smallest absolute Gasteiger partial charge is 0.179 e. The molecule has 26 heavy (non-hydrogen) atoms. The van der Waals surface area contributed by atoms with Gasteiger partial charge in [0.1, 0.15) is 6.07 Å². The molecule has 0 saturated heterocycles. The minimum atomic E-state index is -0.0446. The van der Waals surface area contributed by atoms with Crippen molar-refractivity contribution in [3.63, 3.8) is 0 Å². The van der Waals surface area contributed by atoms with Gasteiger partial charge >= 0.3 is 0 Å². The summed E-state index contributed by atoms with van der Waals surface area (Å²) >= 11 is 12.2. The number of hydrogen-bond acceptors (Lipinski definition) is 3. The van der Waals surface area contributed by atoms with E-state index >= 15 is 0 Å². The Hall–Kier alpha value is -3.00. The molecule has 0 aliphatic carbocycles. The van der Waals surface area contributed by atoms with Crippen LogP contribution in [-0.4, -0.2) is 4.98 Å². The lowest BCUT2D eigenvalue weighted by molar-refractivity contribution is 1.37. The van der Waals surface area contributed by atoms with Crippen molar-refractivity contribution in [2.24, 2.45) is 0 Å². The molecule has 4 rings (SSSR count). The van der Waals surface area contributed by atoms with Crippen LogP contribution in [0.1, 0.15) is 5.56 Å². The van der Waals surface area contributed by atoms with Crippen LogP contribution in [0.25, 0.3) is 21.7 Å². The van der Waals surface area contributed by atoms with Crippen LogP contribution in [0.2, 0.25) is 10.0 Å². The van der Waals surface area contributed by atoms with Gasteiger partial charge < -0.3 is 10.3 Å². The second-order valence-electron chi connectivity index (χ2n) is 5.81. The van der Waals surface area contributed by atoms with Gasteiger partial charge in [-0.15, -0.1) is 0 Å². The fourth-order valence-electron chi connectivity index (χ4n) is 2.98. The Morgan fingerprint density at radius 3 is 2.58 bits per heavy atom. The van der Waals surface area contributed by atoms with Crippen LogP contribution < -0.4 is 10.7 Å². The number of aromatic nitrogens is 1. The van der Waals surface area contributed by atoms with Crippen LogP contribution in [0.15, 0.2) is 59.5 Å². The van der Waals surface area contributed by atoms with Gasteiger partial charge in [0.25, 0.3) is 0 Å². The van der Waals surface area contributed by atoms with Gasteiger partial charge in [-0.1, -0.05) is 35.3 Å². The zero-order valence-electron chi connectivity index (χ0n) is 13.3. The zero-order valence-corrected chi connectivity index (χ0v) is 14.8. The highest BCUT2D eigenvalue weighted by atomic mass is 35.5. The van der Waals surface area contributed by atoms with Crippen LogP contribution in [-0.2, 0) is 0 Å². The Balaban J connectivity index is 1.99. The van der Waals surface area contributed by atoms with E-state index in [9.17, 15) is 10.1 Å². The number of benzene rings is 3. The molecular weight excluding hydrogens is 369 g/mol. The topological polar surface area (TPSA) is 68.7 Å². The fourth-order valence-corrected chi connectivity index (χ4v) is 3.44. The first-order valence-corrected chi connectivity index (χ1v) is 8.53. The van der Waals surface area contributed by atoms with E-state index in [1.807, 2.05) is 12.1 Å². The molecule has 0 fully saturated rings. The van der Waals surface area contributed by atoms with Crippen molar-refractivity contribution in [2.75, 3.05) is 5.32 Å². The lowest BCUT2D eigenvalue weighted by atomic mass is 10.0. The molecule has 4 aromatic rings. The number of hydrogen-bond donors (Lipinski definition) is 2. The summed E-state index contributed by atoms with van der Waals surface area (Å²) in [5, 5.41) is 16.3. The van der Waals surface area contributed by atoms with E-state index in [1.165, 1.54) is 6.07 Å². The van der Waals surface area contributed by atoms with E-state index in [0.29, 0.717) is 27.0 Å². The SMILES string of the molecule is N#Cc1c[nH]c2c(ccc3cc(=O)ccc32)c1Nc1ccc(Cl)cc1Cl. The van der Waals surface area contributed by atoms with Crippen LogP contribution in [0.3, 0.4) is 0 Å². The summed E-state index contributed by atoms with van der Waals surface area (Å²) in [7, 11) is 0. The van der Waals surface area contributed by atoms with Gasteiger partial charge in [-0.25, -0.2) is 0 Å². The number of nitrogens with one attached hydrogen (secondary N) is 2. The standard InChI is InChI=1S/C20H11Cl2N3O/c21-13-2-6-18(17(22)8-13)25-19-12(9-23)10-24-20-15-5-3-14(26)7-11(15)1-4-16(19)20/h1-8,10,24-25H. The summed E-state index contributed by atoms with van der Waals surface area (Å²) in [4.78, 5) is 14.8. The van der Waals surface area contributed by atoms with Crippen molar-refractivity contribution in [3.8, 4) is 6.07 Å². The Morgan fingerprint density at radius 2 is 1.81 bits per heavy atom. The van der Waals surface area contributed by atoms with E-state index in [4.69, 9.17) is 23.2 Å². The monoisotopic (exact) mass is 379 g/mol. The molecule has 0 saturated carbocycles. The van der Waals surface area contributed by atoms with Gasteiger partial charge in [-0.3, -0.25) is 4.79 Å². The molecule has 126 valence electrons. The predicted molar refractivity (Wildman–Crippen MR) is 107 cm³/mol. The molecule has 4 nitrogen and oxygen atoms in total. The second-order valence-corrected chi connectivity index (χ2v) is 6.65. The Morgan fingerprint density at radius 1 is 1.00 bits per heavy atom. The quantitative estimate of drug-likeness (QED) is 0.445. The number of aromatic amines is 1. The second kappa shape index (κ2) is 6.38. The molecular formula is C20H11Cl2N3O. The number of nitriles is 1. The maximum atomic E-state index is 11.6. The number of rotatable bonds is 2. The van der Waals surface area contributed by atoms with Crippen molar-refractivity contribution in [2.45, 2.75) is 0 Å².